The fraction of sp³-hybridized carbons (Fsp3) is 0.273. The molecular weight excluding hydrogens is 196 g/mol. The van der Waals surface area contributed by atoms with Crippen LogP contribution in [0.25, 0.3) is 0 Å². The van der Waals surface area contributed by atoms with Gasteiger partial charge in [-0.2, -0.15) is 0 Å². The van der Waals surface area contributed by atoms with Gasteiger partial charge in [-0.15, -0.1) is 0 Å². The number of carboxylic acid groups (broad SMARTS) is 1. The van der Waals surface area contributed by atoms with Gasteiger partial charge in [0.05, 0.1) is 0 Å². The molecule has 1 aromatic carbocycles. The molecule has 0 fully saturated rings. The lowest BCUT2D eigenvalue weighted by atomic mass is 9.95. The van der Waals surface area contributed by atoms with Crippen LogP contribution in [-0.2, 0) is 4.79 Å². The molecule has 0 aliphatic rings. The maximum Gasteiger partial charge on any atom is 0.314 e. The van der Waals surface area contributed by atoms with E-state index in [0.29, 0.717) is 5.56 Å². The summed E-state index contributed by atoms with van der Waals surface area (Å²) in [5, 5.41) is 17.5. The van der Waals surface area contributed by atoms with Gasteiger partial charge >= 0.3 is 5.97 Å². The number of hydrogen-bond donors (Lipinski definition) is 2. The quantitative estimate of drug-likeness (QED) is 0.558. The topological polar surface area (TPSA) is 74.6 Å². The van der Waals surface area contributed by atoms with Crippen molar-refractivity contribution in [3.05, 3.63) is 35.9 Å². The smallest absolute Gasteiger partial charge is 0.314 e. The number of benzene rings is 1. The predicted octanol–water partition coefficient (Wildman–Crippen LogP) is 0.952. The van der Waals surface area contributed by atoms with E-state index in [1.165, 1.54) is 0 Å². The highest BCUT2D eigenvalue weighted by Crippen LogP contribution is 2.12. The number of ketones is 1. The van der Waals surface area contributed by atoms with Crippen molar-refractivity contribution in [1.82, 2.24) is 0 Å². The zero-order valence-corrected chi connectivity index (χ0v) is 8.09. The first-order valence-corrected chi connectivity index (χ1v) is 4.59. The van der Waals surface area contributed by atoms with Gasteiger partial charge in [0, 0.05) is 12.2 Å². The second-order valence-corrected chi connectivity index (χ2v) is 3.13. The largest absolute Gasteiger partial charge is 0.481 e. The van der Waals surface area contributed by atoms with Crippen LogP contribution in [-0.4, -0.2) is 28.6 Å². The van der Waals surface area contributed by atoms with Crippen molar-refractivity contribution in [2.45, 2.75) is 6.42 Å². The standard InChI is InChI=1S/C11H12O4/c12-7-6-9(11(14)15)10(13)8-4-2-1-3-5-8/h1-5,9,12H,6-7H2,(H,14,15). The number of aliphatic hydroxyl groups is 1. The fourth-order valence-corrected chi connectivity index (χ4v) is 1.30. The summed E-state index contributed by atoms with van der Waals surface area (Å²) in [6.45, 7) is -0.310. The van der Waals surface area contributed by atoms with E-state index in [2.05, 4.69) is 0 Å². The Bertz CT molecular complexity index is 345. The van der Waals surface area contributed by atoms with Crippen LogP contribution >= 0.6 is 0 Å². The molecule has 0 saturated heterocycles. The average Bonchev–Trinajstić information content (AvgIpc) is 2.26. The first-order valence-electron chi connectivity index (χ1n) is 4.59. The summed E-state index contributed by atoms with van der Waals surface area (Å²) >= 11 is 0. The van der Waals surface area contributed by atoms with Gasteiger partial charge in [0.1, 0.15) is 5.92 Å². The van der Waals surface area contributed by atoms with Crippen molar-refractivity contribution < 1.29 is 19.8 Å². The minimum Gasteiger partial charge on any atom is -0.481 e. The first kappa shape index (κ1) is 11.4. The van der Waals surface area contributed by atoms with E-state index in [1.807, 2.05) is 0 Å². The summed E-state index contributed by atoms with van der Waals surface area (Å²) in [5.74, 6) is -2.81. The van der Waals surface area contributed by atoms with E-state index >= 15 is 0 Å². The molecule has 0 aliphatic carbocycles. The second-order valence-electron chi connectivity index (χ2n) is 3.13. The maximum absolute atomic E-state index is 11.7. The van der Waals surface area contributed by atoms with Crippen LogP contribution in [0.5, 0.6) is 0 Å². The fourth-order valence-electron chi connectivity index (χ4n) is 1.30. The van der Waals surface area contributed by atoms with Gasteiger partial charge in [0.2, 0.25) is 0 Å². The zero-order valence-electron chi connectivity index (χ0n) is 8.09. The van der Waals surface area contributed by atoms with E-state index in [0.717, 1.165) is 0 Å². The summed E-state index contributed by atoms with van der Waals surface area (Å²) in [5.41, 5.74) is 0.360. The second kappa shape index (κ2) is 5.26. The number of aliphatic hydroxyl groups excluding tert-OH is 1. The van der Waals surface area contributed by atoms with Crippen LogP contribution in [0.3, 0.4) is 0 Å². The lowest BCUT2D eigenvalue weighted by Gasteiger charge is -2.09. The highest BCUT2D eigenvalue weighted by molar-refractivity contribution is 6.08. The predicted molar refractivity (Wildman–Crippen MR) is 53.6 cm³/mol. The van der Waals surface area contributed by atoms with E-state index in [-0.39, 0.29) is 13.0 Å². The highest BCUT2D eigenvalue weighted by atomic mass is 16.4. The van der Waals surface area contributed by atoms with Gasteiger partial charge in [-0.25, -0.2) is 0 Å². The number of carbonyl (C=O) groups is 2. The van der Waals surface area contributed by atoms with E-state index in [4.69, 9.17) is 10.2 Å². The van der Waals surface area contributed by atoms with Crippen molar-refractivity contribution in [1.29, 1.82) is 0 Å². The van der Waals surface area contributed by atoms with Crippen LogP contribution in [0.1, 0.15) is 16.8 Å². The van der Waals surface area contributed by atoms with E-state index < -0.39 is 17.7 Å². The summed E-state index contributed by atoms with van der Waals surface area (Å²) < 4.78 is 0. The highest BCUT2D eigenvalue weighted by Gasteiger charge is 2.26. The number of carboxylic acids is 1. The lowest BCUT2D eigenvalue weighted by molar-refractivity contribution is -0.140. The molecule has 0 heterocycles. The molecule has 4 heteroatoms. The molecule has 0 aromatic heterocycles. The Morgan fingerprint density at radius 1 is 1.20 bits per heavy atom. The van der Waals surface area contributed by atoms with Crippen molar-refractivity contribution >= 4 is 11.8 Å². The molecule has 0 amide bonds. The van der Waals surface area contributed by atoms with Gasteiger partial charge < -0.3 is 10.2 Å². The summed E-state index contributed by atoms with van der Waals surface area (Å²) in [6.07, 6.45) is -0.0525. The minimum absolute atomic E-state index is 0.0525. The summed E-state index contributed by atoms with van der Waals surface area (Å²) in [7, 11) is 0. The van der Waals surface area contributed by atoms with Crippen LogP contribution in [0.4, 0.5) is 0 Å². The Hall–Kier alpha value is -1.68. The monoisotopic (exact) mass is 208 g/mol. The van der Waals surface area contributed by atoms with Crippen LogP contribution < -0.4 is 0 Å². The molecule has 1 atom stereocenters. The molecule has 1 unspecified atom stereocenters. The number of aliphatic carboxylic acids is 1. The SMILES string of the molecule is O=C(O)C(CCO)C(=O)c1ccccc1. The Morgan fingerprint density at radius 3 is 2.27 bits per heavy atom. The van der Waals surface area contributed by atoms with E-state index in [1.54, 1.807) is 30.3 Å². The average molecular weight is 208 g/mol. The number of Topliss-reactive ketones (excluding diaryl/α,β-unsaturated/α-hetero) is 1. The molecule has 80 valence electrons. The molecule has 4 nitrogen and oxygen atoms in total. The van der Waals surface area contributed by atoms with Crippen molar-refractivity contribution in [3.63, 3.8) is 0 Å². The molecule has 0 bridgehead atoms. The zero-order chi connectivity index (χ0) is 11.3. The maximum atomic E-state index is 11.7. The summed E-state index contributed by atoms with van der Waals surface area (Å²) in [6, 6.07) is 8.22. The Balaban J connectivity index is 2.86. The van der Waals surface area contributed by atoms with Gasteiger partial charge in [-0.3, -0.25) is 9.59 Å². The van der Waals surface area contributed by atoms with Gasteiger partial charge in [0.25, 0.3) is 0 Å². The third kappa shape index (κ3) is 2.89. The van der Waals surface area contributed by atoms with Crippen LogP contribution in [0.15, 0.2) is 30.3 Å². The molecule has 0 spiro atoms. The first-order chi connectivity index (χ1) is 7.16. The molecule has 1 rings (SSSR count). The van der Waals surface area contributed by atoms with Gasteiger partial charge in [-0.1, -0.05) is 30.3 Å². The van der Waals surface area contributed by atoms with Gasteiger partial charge in [-0.05, 0) is 6.42 Å². The number of hydrogen-bond acceptors (Lipinski definition) is 3. The third-order valence-electron chi connectivity index (χ3n) is 2.09. The Labute approximate surface area is 87.2 Å². The molecule has 0 radical (unpaired) electrons. The normalized spacial score (nSPS) is 12.1. The third-order valence-corrected chi connectivity index (χ3v) is 2.09. The van der Waals surface area contributed by atoms with E-state index in [9.17, 15) is 9.59 Å². The number of carbonyl (C=O) groups excluding carboxylic acids is 1. The van der Waals surface area contributed by atoms with Crippen molar-refractivity contribution in [2.75, 3.05) is 6.61 Å². The summed E-state index contributed by atoms with van der Waals surface area (Å²) in [4.78, 5) is 22.5. The molecule has 1 aromatic rings. The van der Waals surface area contributed by atoms with Crippen LogP contribution in [0.2, 0.25) is 0 Å². The van der Waals surface area contributed by atoms with Crippen molar-refractivity contribution in [3.8, 4) is 0 Å². The molecule has 2 N–H and O–H groups in total. The van der Waals surface area contributed by atoms with Crippen LogP contribution in [0, 0.1) is 5.92 Å². The minimum atomic E-state index is -1.20. The molecule has 0 saturated carbocycles. The Kier molecular flexibility index (Phi) is 4.00. The Morgan fingerprint density at radius 2 is 1.80 bits per heavy atom. The van der Waals surface area contributed by atoms with Crippen molar-refractivity contribution in [2.24, 2.45) is 5.92 Å². The molecule has 15 heavy (non-hydrogen) atoms. The number of rotatable bonds is 5. The van der Waals surface area contributed by atoms with Gasteiger partial charge in [0.15, 0.2) is 5.78 Å². The molecular formula is C11H12O4. The molecule has 0 aliphatic heterocycles. The lowest BCUT2D eigenvalue weighted by Crippen LogP contribution is -2.24.